The molecule has 0 bridgehead atoms. The fourth-order valence-electron chi connectivity index (χ4n) is 0.867. The van der Waals surface area contributed by atoms with Crippen molar-refractivity contribution in [1.82, 2.24) is 10.6 Å². The predicted octanol–water partition coefficient (Wildman–Crippen LogP) is 1.75. The van der Waals surface area contributed by atoms with Crippen LogP contribution in [-0.2, 0) is 6.54 Å². The van der Waals surface area contributed by atoms with E-state index in [0.29, 0.717) is 6.54 Å². The summed E-state index contributed by atoms with van der Waals surface area (Å²) in [6.45, 7) is 0.570. The fraction of sp³-hybridized carbons (Fsp3) is 0.300. The Morgan fingerprint density at radius 3 is 2.46 bits per heavy atom. The van der Waals surface area contributed by atoms with Crippen molar-refractivity contribution in [2.75, 3.05) is 7.05 Å². The highest BCUT2D eigenvalue weighted by Crippen LogP contribution is 1.96. The molecule has 0 spiro atoms. The standard InChI is InChI=1S/C9H12N2O.CH4/c1-10-9(12)11-7-8-5-3-2-4-6-8;/h2-6H,7H2,1H3,(H2,10,11,12);1H4. The van der Waals surface area contributed by atoms with E-state index >= 15 is 0 Å². The summed E-state index contributed by atoms with van der Waals surface area (Å²) in [6.07, 6.45) is 0. The molecule has 0 radical (unpaired) electrons. The summed E-state index contributed by atoms with van der Waals surface area (Å²) >= 11 is 0. The number of carbonyl (C=O) groups excluding carboxylic acids is 1. The van der Waals surface area contributed by atoms with Crippen LogP contribution in [0.5, 0.6) is 0 Å². The summed E-state index contributed by atoms with van der Waals surface area (Å²) in [4.78, 5) is 10.8. The van der Waals surface area contributed by atoms with Crippen LogP contribution in [0.4, 0.5) is 4.79 Å². The van der Waals surface area contributed by atoms with E-state index in [1.54, 1.807) is 7.05 Å². The molecule has 0 unspecified atom stereocenters. The van der Waals surface area contributed by atoms with Crippen molar-refractivity contribution >= 4 is 6.03 Å². The molecule has 3 heteroatoms. The molecule has 0 atom stereocenters. The van der Waals surface area contributed by atoms with Crippen molar-refractivity contribution < 1.29 is 4.79 Å². The van der Waals surface area contributed by atoms with Gasteiger partial charge < -0.3 is 10.6 Å². The SMILES string of the molecule is C.CNC(=O)NCc1ccccc1. The van der Waals surface area contributed by atoms with Crippen molar-refractivity contribution in [3.8, 4) is 0 Å². The molecular weight excluding hydrogens is 164 g/mol. The van der Waals surface area contributed by atoms with Gasteiger partial charge in [0.05, 0.1) is 0 Å². The molecule has 3 nitrogen and oxygen atoms in total. The zero-order chi connectivity index (χ0) is 8.81. The molecule has 1 aromatic rings. The number of urea groups is 1. The van der Waals surface area contributed by atoms with Crippen molar-refractivity contribution in [2.24, 2.45) is 0 Å². The number of amides is 2. The molecule has 0 aliphatic rings. The molecule has 0 aliphatic heterocycles. The Labute approximate surface area is 79.2 Å². The van der Waals surface area contributed by atoms with Crippen molar-refractivity contribution in [3.63, 3.8) is 0 Å². The molecular formula is C10H16N2O. The molecule has 0 aliphatic carbocycles. The van der Waals surface area contributed by atoms with Crippen LogP contribution in [0.15, 0.2) is 30.3 Å². The van der Waals surface area contributed by atoms with Gasteiger partial charge in [0, 0.05) is 13.6 Å². The molecule has 0 heterocycles. The number of carbonyl (C=O) groups is 1. The van der Waals surface area contributed by atoms with Gasteiger partial charge in [-0.15, -0.1) is 0 Å². The molecule has 0 fully saturated rings. The van der Waals surface area contributed by atoms with Crippen LogP contribution in [0, 0.1) is 0 Å². The van der Waals surface area contributed by atoms with Gasteiger partial charge in [-0.25, -0.2) is 4.79 Å². The second-order valence-electron chi connectivity index (χ2n) is 2.42. The number of rotatable bonds is 2. The highest BCUT2D eigenvalue weighted by atomic mass is 16.2. The van der Waals surface area contributed by atoms with Gasteiger partial charge in [0.1, 0.15) is 0 Å². The van der Waals surface area contributed by atoms with E-state index in [0.717, 1.165) is 5.56 Å². The lowest BCUT2D eigenvalue weighted by Gasteiger charge is -2.03. The zero-order valence-corrected chi connectivity index (χ0v) is 7.00. The average molecular weight is 180 g/mol. The summed E-state index contributed by atoms with van der Waals surface area (Å²) in [5.41, 5.74) is 1.10. The maximum atomic E-state index is 10.8. The Hall–Kier alpha value is -1.51. The topological polar surface area (TPSA) is 41.1 Å². The minimum atomic E-state index is -0.154. The van der Waals surface area contributed by atoms with Crippen LogP contribution in [0.3, 0.4) is 0 Å². The average Bonchev–Trinajstić information content (AvgIpc) is 2.16. The summed E-state index contributed by atoms with van der Waals surface area (Å²) in [6, 6.07) is 9.62. The smallest absolute Gasteiger partial charge is 0.314 e. The summed E-state index contributed by atoms with van der Waals surface area (Å²) < 4.78 is 0. The Bertz CT molecular complexity index is 246. The van der Waals surface area contributed by atoms with E-state index in [2.05, 4.69) is 10.6 Å². The molecule has 2 N–H and O–H groups in total. The van der Waals surface area contributed by atoms with Gasteiger partial charge in [-0.1, -0.05) is 37.8 Å². The van der Waals surface area contributed by atoms with Crippen LogP contribution < -0.4 is 10.6 Å². The van der Waals surface area contributed by atoms with E-state index in [-0.39, 0.29) is 13.5 Å². The van der Waals surface area contributed by atoms with Crippen LogP contribution in [0.1, 0.15) is 13.0 Å². The summed E-state index contributed by atoms with van der Waals surface area (Å²) in [5.74, 6) is 0. The number of nitrogens with one attached hydrogen (secondary N) is 2. The predicted molar refractivity (Wildman–Crippen MR) is 54.5 cm³/mol. The second kappa shape index (κ2) is 6.06. The molecule has 1 rings (SSSR count). The van der Waals surface area contributed by atoms with Crippen LogP contribution in [-0.4, -0.2) is 13.1 Å². The molecule has 0 saturated heterocycles. The number of benzene rings is 1. The zero-order valence-electron chi connectivity index (χ0n) is 7.00. The van der Waals surface area contributed by atoms with Crippen LogP contribution >= 0.6 is 0 Å². The first-order valence-corrected chi connectivity index (χ1v) is 3.82. The monoisotopic (exact) mass is 180 g/mol. The van der Waals surface area contributed by atoms with Gasteiger partial charge in [0.25, 0.3) is 0 Å². The Balaban J connectivity index is 0.00000144. The Morgan fingerprint density at radius 2 is 1.92 bits per heavy atom. The minimum Gasteiger partial charge on any atom is -0.341 e. The van der Waals surface area contributed by atoms with E-state index in [1.165, 1.54) is 0 Å². The van der Waals surface area contributed by atoms with Gasteiger partial charge in [-0.05, 0) is 5.56 Å². The first kappa shape index (κ1) is 11.5. The number of hydrogen-bond donors (Lipinski definition) is 2. The Morgan fingerprint density at radius 1 is 1.31 bits per heavy atom. The lowest BCUT2D eigenvalue weighted by molar-refractivity contribution is 0.242. The van der Waals surface area contributed by atoms with Gasteiger partial charge >= 0.3 is 6.03 Å². The van der Waals surface area contributed by atoms with Crippen LogP contribution in [0.25, 0.3) is 0 Å². The third kappa shape index (κ3) is 4.15. The third-order valence-electron chi connectivity index (χ3n) is 1.52. The van der Waals surface area contributed by atoms with Crippen molar-refractivity contribution in [3.05, 3.63) is 35.9 Å². The van der Waals surface area contributed by atoms with Crippen LogP contribution in [0.2, 0.25) is 0 Å². The number of hydrogen-bond acceptors (Lipinski definition) is 1. The third-order valence-corrected chi connectivity index (χ3v) is 1.52. The summed E-state index contributed by atoms with van der Waals surface area (Å²) in [5, 5.41) is 5.18. The molecule has 13 heavy (non-hydrogen) atoms. The largest absolute Gasteiger partial charge is 0.341 e. The highest BCUT2D eigenvalue weighted by Gasteiger charge is 1.94. The van der Waals surface area contributed by atoms with Gasteiger partial charge in [-0.3, -0.25) is 0 Å². The van der Waals surface area contributed by atoms with E-state index in [9.17, 15) is 4.79 Å². The lowest BCUT2D eigenvalue weighted by atomic mass is 10.2. The maximum Gasteiger partial charge on any atom is 0.314 e. The van der Waals surface area contributed by atoms with E-state index < -0.39 is 0 Å². The van der Waals surface area contributed by atoms with Gasteiger partial charge in [0.2, 0.25) is 0 Å². The van der Waals surface area contributed by atoms with E-state index in [4.69, 9.17) is 0 Å². The minimum absolute atomic E-state index is 0. The summed E-state index contributed by atoms with van der Waals surface area (Å²) in [7, 11) is 1.60. The highest BCUT2D eigenvalue weighted by molar-refractivity contribution is 5.73. The molecule has 0 saturated carbocycles. The molecule has 0 aromatic heterocycles. The second-order valence-corrected chi connectivity index (χ2v) is 2.42. The first-order valence-electron chi connectivity index (χ1n) is 3.82. The quantitative estimate of drug-likeness (QED) is 0.715. The van der Waals surface area contributed by atoms with Crippen molar-refractivity contribution in [1.29, 1.82) is 0 Å². The Kier molecular flexibility index (Phi) is 5.35. The fourth-order valence-corrected chi connectivity index (χ4v) is 0.867. The molecule has 72 valence electrons. The van der Waals surface area contributed by atoms with E-state index in [1.807, 2.05) is 30.3 Å². The molecule has 1 aromatic carbocycles. The normalized spacial score (nSPS) is 8.38. The van der Waals surface area contributed by atoms with Gasteiger partial charge in [-0.2, -0.15) is 0 Å². The van der Waals surface area contributed by atoms with Crippen molar-refractivity contribution in [2.45, 2.75) is 14.0 Å². The first-order chi connectivity index (χ1) is 5.83. The maximum absolute atomic E-state index is 10.8. The lowest BCUT2D eigenvalue weighted by Crippen LogP contribution is -2.32. The molecule has 2 amide bonds. The van der Waals surface area contributed by atoms with Gasteiger partial charge in [0.15, 0.2) is 0 Å².